The van der Waals surface area contributed by atoms with E-state index >= 15 is 0 Å². The molecule has 130 valence electrons. The van der Waals surface area contributed by atoms with E-state index < -0.39 is 28.7 Å². The Morgan fingerprint density at radius 1 is 1.30 bits per heavy atom. The Hall–Kier alpha value is -0.920. The Labute approximate surface area is 142 Å². The first-order valence-corrected chi connectivity index (χ1v) is 8.43. The summed E-state index contributed by atoms with van der Waals surface area (Å²) in [5, 5.41) is 0.327. The van der Waals surface area contributed by atoms with Crippen LogP contribution in [0.1, 0.15) is 39.2 Å². The average molecular weight is 370 g/mol. The molecule has 0 aromatic heterocycles. The molecule has 0 N–H and O–H groups in total. The van der Waals surface area contributed by atoms with Crippen molar-refractivity contribution in [1.82, 2.24) is 0 Å². The van der Waals surface area contributed by atoms with E-state index in [1.165, 1.54) is 12.3 Å². The van der Waals surface area contributed by atoms with Gasteiger partial charge in [-0.1, -0.05) is 16.0 Å². The third kappa shape index (κ3) is 7.94. The first-order valence-electron chi connectivity index (χ1n) is 6.94. The summed E-state index contributed by atoms with van der Waals surface area (Å²) in [5.41, 5.74) is 0.562. The fraction of sp³-hybridized carbons (Fsp3) is 0.533. The van der Waals surface area contributed by atoms with E-state index in [4.69, 9.17) is 16.3 Å². The molecule has 1 atom stereocenters. The molecule has 0 radical (unpaired) electrons. The van der Waals surface area contributed by atoms with Crippen LogP contribution in [-0.2, 0) is 11.4 Å². The number of hydrogen-bond donors (Lipinski definition) is 0. The fourth-order valence-electron chi connectivity index (χ4n) is 1.43. The minimum atomic E-state index is -4.18. The minimum absolute atomic E-state index is 0.0443. The van der Waals surface area contributed by atoms with Crippen LogP contribution >= 0.6 is 11.6 Å². The Bertz CT molecular complexity index is 545. The highest BCUT2D eigenvalue weighted by Crippen LogP contribution is 2.24. The van der Waals surface area contributed by atoms with E-state index in [2.05, 4.69) is 4.40 Å². The molecule has 0 saturated carbocycles. The minimum Gasteiger partial charge on any atom is -0.591 e. The van der Waals surface area contributed by atoms with Crippen LogP contribution < -0.4 is 4.74 Å². The van der Waals surface area contributed by atoms with Gasteiger partial charge in [-0.25, -0.2) is 0 Å². The van der Waals surface area contributed by atoms with Crippen molar-refractivity contribution in [1.29, 1.82) is 0 Å². The number of halogens is 4. The molecule has 0 aliphatic carbocycles. The number of rotatable bonds is 6. The van der Waals surface area contributed by atoms with Gasteiger partial charge in [0.05, 0.1) is 17.8 Å². The first kappa shape index (κ1) is 20.1. The fourth-order valence-corrected chi connectivity index (χ4v) is 2.17. The van der Waals surface area contributed by atoms with Gasteiger partial charge in [0, 0.05) is 12.0 Å². The molecule has 1 unspecified atom stereocenters. The van der Waals surface area contributed by atoms with Crippen LogP contribution in [0.5, 0.6) is 5.75 Å². The predicted octanol–water partition coefficient (Wildman–Crippen LogP) is 4.94. The summed E-state index contributed by atoms with van der Waals surface area (Å²) >= 11 is 4.67. The summed E-state index contributed by atoms with van der Waals surface area (Å²) in [4.78, 5) is 0. The molecular weight excluding hydrogens is 351 g/mol. The highest BCUT2D eigenvalue weighted by atomic mass is 35.5. The summed E-state index contributed by atoms with van der Waals surface area (Å²) in [7, 11) is 0. The number of nitrogens with zero attached hydrogens (tertiary/aromatic N) is 1. The first-order chi connectivity index (χ1) is 10.5. The Morgan fingerprint density at radius 2 is 1.96 bits per heavy atom. The standard InChI is InChI=1S/C15H19ClF3NO2S/c1-14(2,3)23(21)20-10-11-5-6-12(9-13(11)16)22-8-4-7-15(17,18)19/h5-6,9-10H,4,7-8H2,1-3H3. The molecule has 0 aliphatic rings. The van der Waals surface area contributed by atoms with Crippen molar-refractivity contribution >= 4 is 29.2 Å². The van der Waals surface area contributed by atoms with Crippen LogP contribution in [0.3, 0.4) is 0 Å². The maximum absolute atomic E-state index is 12.0. The van der Waals surface area contributed by atoms with E-state index in [1.807, 2.05) is 0 Å². The van der Waals surface area contributed by atoms with Gasteiger partial charge in [0.25, 0.3) is 0 Å². The Morgan fingerprint density at radius 3 is 2.48 bits per heavy atom. The van der Waals surface area contributed by atoms with Crippen molar-refractivity contribution in [2.75, 3.05) is 6.61 Å². The average Bonchev–Trinajstić information content (AvgIpc) is 2.40. The molecule has 0 saturated heterocycles. The highest BCUT2D eigenvalue weighted by Gasteiger charge is 2.26. The summed E-state index contributed by atoms with van der Waals surface area (Å²) in [5.74, 6) is 0.381. The number of ether oxygens (including phenoxy) is 1. The summed E-state index contributed by atoms with van der Waals surface area (Å²) in [6.45, 7) is 5.37. The zero-order valence-electron chi connectivity index (χ0n) is 13.1. The van der Waals surface area contributed by atoms with Crippen LogP contribution in [0.4, 0.5) is 13.2 Å². The van der Waals surface area contributed by atoms with Gasteiger partial charge in [0.15, 0.2) is 0 Å². The normalized spacial score (nSPS) is 14.3. The van der Waals surface area contributed by atoms with Crippen LogP contribution in [0.25, 0.3) is 0 Å². The molecule has 0 spiro atoms. The second-order valence-corrected chi connectivity index (χ2v) is 8.19. The number of benzene rings is 1. The van der Waals surface area contributed by atoms with E-state index in [0.29, 0.717) is 16.3 Å². The molecule has 0 heterocycles. The maximum atomic E-state index is 12.0. The van der Waals surface area contributed by atoms with E-state index in [1.54, 1.807) is 32.9 Å². The van der Waals surface area contributed by atoms with Crippen molar-refractivity contribution in [3.63, 3.8) is 0 Å². The largest absolute Gasteiger partial charge is 0.591 e. The van der Waals surface area contributed by atoms with Crippen molar-refractivity contribution in [2.45, 2.75) is 44.5 Å². The Balaban J connectivity index is 2.59. The molecule has 1 aromatic rings. The lowest BCUT2D eigenvalue weighted by Crippen LogP contribution is -2.25. The van der Waals surface area contributed by atoms with Crippen LogP contribution in [0, 0.1) is 0 Å². The summed E-state index contributed by atoms with van der Waals surface area (Å²) < 4.78 is 56.6. The quantitative estimate of drug-likeness (QED) is 0.405. The second kappa shape index (κ2) is 8.26. The van der Waals surface area contributed by atoms with Crippen molar-refractivity contribution in [3.8, 4) is 5.75 Å². The predicted molar refractivity (Wildman–Crippen MR) is 87.7 cm³/mol. The topological polar surface area (TPSA) is 44.7 Å². The third-order valence-electron chi connectivity index (χ3n) is 2.66. The van der Waals surface area contributed by atoms with Gasteiger partial charge in [-0.05, 0) is 45.4 Å². The zero-order chi connectivity index (χ0) is 17.7. The molecule has 23 heavy (non-hydrogen) atoms. The molecule has 3 nitrogen and oxygen atoms in total. The van der Waals surface area contributed by atoms with E-state index in [0.717, 1.165) is 0 Å². The van der Waals surface area contributed by atoms with Gasteiger partial charge in [-0.3, -0.25) is 0 Å². The Kier molecular flexibility index (Phi) is 7.23. The number of hydrogen-bond acceptors (Lipinski definition) is 3. The third-order valence-corrected chi connectivity index (χ3v) is 4.33. The van der Waals surface area contributed by atoms with Crippen LogP contribution in [0.2, 0.25) is 5.02 Å². The summed E-state index contributed by atoms with van der Waals surface area (Å²) in [6.07, 6.45) is -3.76. The lowest BCUT2D eigenvalue weighted by atomic mass is 10.2. The molecule has 0 aliphatic heterocycles. The monoisotopic (exact) mass is 369 g/mol. The van der Waals surface area contributed by atoms with Crippen molar-refractivity contribution in [2.24, 2.45) is 4.40 Å². The van der Waals surface area contributed by atoms with E-state index in [-0.39, 0.29) is 13.0 Å². The van der Waals surface area contributed by atoms with Gasteiger partial charge in [0.1, 0.15) is 21.9 Å². The molecule has 0 fully saturated rings. The van der Waals surface area contributed by atoms with Crippen molar-refractivity contribution < 1.29 is 22.5 Å². The maximum Gasteiger partial charge on any atom is 0.389 e. The number of alkyl halides is 3. The molecule has 8 heteroatoms. The van der Waals surface area contributed by atoms with Crippen LogP contribution in [0.15, 0.2) is 22.6 Å². The van der Waals surface area contributed by atoms with Gasteiger partial charge >= 0.3 is 6.18 Å². The van der Waals surface area contributed by atoms with Gasteiger partial charge < -0.3 is 9.29 Å². The zero-order valence-corrected chi connectivity index (χ0v) is 14.7. The second-order valence-electron chi connectivity index (χ2n) is 5.85. The van der Waals surface area contributed by atoms with Crippen molar-refractivity contribution in [3.05, 3.63) is 28.8 Å². The SMILES string of the molecule is CC(C)(C)[S+]([O-])N=Cc1ccc(OCCCC(F)(F)F)cc1Cl. The summed E-state index contributed by atoms with van der Waals surface area (Å²) in [6, 6.07) is 4.70. The molecule has 1 aromatic carbocycles. The smallest absolute Gasteiger partial charge is 0.389 e. The van der Waals surface area contributed by atoms with Crippen LogP contribution in [-0.4, -0.2) is 28.3 Å². The van der Waals surface area contributed by atoms with Gasteiger partial charge in [0.2, 0.25) is 0 Å². The molecule has 0 amide bonds. The lowest BCUT2D eigenvalue weighted by molar-refractivity contribution is -0.136. The molecule has 1 rings (SSSR count). The highest BCUT2D eigenvalue weighted by molar-refractivity contribution is 7.91. The molecule has 0 bridgehead atoms. The van der Waals surface area contributed by atoms with Gasteiger partial charge in [-0.15, -0.1) is 0 Å². The van der Waals surface area contributed by atoms with E-state index in [9.17, 15) is 17.7 Å². The van der Waals surface area contributed by atoms with Gasteiger partial charge in [-0.2, -0.15) is 13.2 Å². The molecular formula is C15H19ClF3NO2S. The lowest BCUT2D eigenvalue weighted by Gasteiger charge is -2.17.